The van der Waals surface area contributed by atoms with Crippen molar-refractivity contribution in [1.29, 1.82) is 0 Å². The molecule has 0 heterocycles. The molecule has 4 heteroatoms. The van der Waals surface area contributed by atoms with E-state index in [0.717, 1.165) is 28.9 Å². The molecule has 1 amide bonds. The van der Waals surface area contributed by atoms with Gasteiger partial charge in [0.1, 0.15) is 5.75 Å². The van der Waals surface area contributed by atoms with Crippen LogP contribution in [0.15, 0.2) is 41.5 Å². The van der Waals surface area contributed by atoms with E-state index in [-0.39, 0.29) is 5.91 Å². The van der Waals surface area contributed by atoms with Gasteiger partial charge in [-0.15, -0.1) is 0 Å². The monoisotopic (exact) mass is 352 g/mol. The summed E-state index contributed by atoms with van der Waals surface area (Å²) in [4.78, 5) is 12.2. The fourth-order valence-corrected chi connectivity index (χ4v) is 2.73. The summed E-state index contributed by atoms with van der Waals surface area (Å²) in [5, 5.41) is 4.10. The van der Waals surface area contributed by atoms with Crippen LogP contribution < -0.4 is 10.2 Å². The van der Waals surface area contributed by atoms with Crippen molar-refractivity contribution in [3.63, 3.8) is 0 Å². The topological polar surface area (TPSA) is 50.7 Å². The van der Waals surface area contributed by atoms with E-state index < -0.39 is 0 Å². The maximum Gasteiger partial charge on any atom is 0.271 e. The summed E-state index contributed by atoms with van der Waals surface area (Å²) in [6.45, 7) is 11.2. The number of hydrogen-bond donors (Lipinski definition) is 1. The van der Waals surface area contributed by atoms with Crippen molar-refractivity contribution in [3.05, 3.63) is 64.2 Å². The van der Waals surface area contributed by atoms with Gasteiger partial charge in [0.15, 0.2) is 0 Å². The van der Waals surface area contributed by atoms with Gasteiger partial charge < -0.3 is 4.74 Å². The molecule has 0 fully saturated rings. The van der Waals surface area contributed by atoms with Crippen LogP contribution in [0.4, 0.5) is 0 Å². The van der Waals surface area contributed by atoms with Crippen LogP contribution in [-0.4, -0.2) is 18.7 Å². The largest absolute Gasteiger partial charge is 0.494 e. The summed E-state index contributed by atoms with van der Waals surface area (Å²) in [7, 11) is 0. The number of amides is 1. The predicted molar refractivity (Wildman–Crippen MR) is 107 cm³/mol. The van der Waals surface area contributed by atoms with Gasteiger partial charge in [0.05, 0.1) is 12.8 Å². The quantitative estimate of drug-likeness (QED) is 0.575. The molecule has 0 bridgehead atoms. The van der Waals surface area contributed by atoms with Gasteiger partial charge >= 0.3 is 0 Å². The van der Waals surface area contributed by atoms with E-state index in [2.05, 4.69) is 43.4 Å². The van der Waals surface area contributed by atoms with Gasteiger partial charge in [-0.1, -0.05) is 31.5 Å². The van der Waals surface area contributed by atoms with Crippen LogP contribution in [0.1, 0.15) is 52.9 Å². The standard InChI is InChI=1S/C22H28N2O2/c1-15(2)10-11-26-20-8-6-19(7-9-20)22(25)24-23-14-21-17(4)12-16(3)13-18(21)5/h6-9,12-15H,10-11H2,1-5H3,(H,24,25). The fraction of sp³-hybridized carbons (Fsp3) is 0.364. The van der Waals surface area contributed by atoms with Gasteiger partial charge in [-0.25, -0.2) is 5.43 Å². The molecule has 0 saturated carbocycles. The van der Waals surface area contributed by atoms with Gasteiger partial charge in [-0.05, 0) is 68.5 Å². The van der Waals surface area contributed by atoms with Crippen LogP contribution >= 0.6 is 0 Å². The maximum absolute atomic E-state index is 12.2. The summed E-state index contributed by atoms with van der Waals surface area (Å²) >= 11 is 0. The number of hydrogen-bond acceptors (Lipinski definition) is 3. The van der Waals surface area contributed by atoms with Crippen LogP contribution in [0, 0.1) is 26.7 Å². The predicted octanol–water partition coefficient (Wildman–Crippen LogP) is 4.80. The number of ether oxygens (including phenoxy) is 1. The second kappa shape index (κ2) is 9.18. The molecule has 0 aliphatic heterocycles. The third kappa shape index (κ3) is 5.73. The molecular formula is C22H28N2O2. The van der Waals surface area contributed by atoms with E-state index in [1.807, 2.05) is 26.0 Å². The molecule has 0 aromatic heterocycles. The van der Waals surface area contributed by atoms with Crippen molar-refractivity contribution < 1.29 is 9.53 Å². The minimum atomic E-state index is -0.239. The van der Waals surface area contributed by atoms with Crippen molar-refractivity contribution in [2.45, 2.75) is 41.0 Å². The highest BCUT2D eigenvalue weighted by Gasteiger charge is 2.05. The average molecular weight is 352 g/mol. The number of aryl methyl sites for hydroxylation is 3. The Bertz CT molecular complexity index is 754. The number of benzene rings is 2. The van der Waals surface area contributed by atoms with Crippen molar-refractivity contribution in [2.75, 3.05) is 6.61 Å². The molecule has 0 aliphatic rings. The Hall–Kier alpha value is -2.62. The Morgan fingerprint density at radius 2 is 1.73 bits per heavy atom. The molecule has 1 N–H and O–H groups in total. The third-order valence-corrected chi connectivity index (χ3v) is 4.18. The Morgan fingerprint density at radius 1 is 1.12 bits per heavy atom. The van der Waals surface area contributed by atoms with Crippen LogP contribution in [-0.2, 0) is 0 Å². The zero-order valence-corrected chi connectivity index (χ0v) is 16.3. The third-order valence-electron chi connectivity index (χ3n) is 4.18. The number of hydrazone groups is 1. The number of nitrogens with one attached hydrogen (secondary N) is 1. The lowest BCUT2D eigenvalue weighted by Crippen LogP contribution is -2.17. The molecular weight excluding hydrogens is 324 g/mol. The van der Waals surface area contributed by atoms with E-state index in [9.17, 15) is 4.79 Å². The summed E-state index contributed by atoms with van der Waals surface area (Å²) in [6, 6.07) is 11.3. The van der Waals surface area contributed by atoms with Gasteiger partial charge in [-0.2, -0.15) is 5.10 Å². The van der Waals surface area contributed by atoms with E-state index in [4.69, 9.17) is 4.74 Å². The summed E-state index contributed by atoms with van der Waals surface area (Å²) < 4.78 is 5.67. The Labute approximate surface area is 156 Å². The molecule has 138 valence electrons. The second-order valence-corrected chi connectivity index (χ2v) is 7.07. The maximum atomic E-state index is 12.2. The van der Waals surface area contributed by atoms with Gasteiger partial charge in [0.2, 0.25) is 0 Å². The molecule has 0 aliphatic carbocycles. The van der Waals surface area contributed by atoms with E-state index in [1.54, 1.807) is 18.3 Å². The van der Waals surface area contributed by atoms with Crippen LogP contribution in [0.3, 0.4) is 0 Å². The lowest BCUT2D eigenvalue weighted by molar-refractivity contribution is 0.0955. The smallest absolute Gasteiger partial charge is 0.271 e. The van der Waals surface area contributed by atoms with E-state index >= 15 is 0 Å². The number of carbonyl (C=O) groups excluding carboxylic acids is 1. The molecule has 2 aromatic carbocycles. The highest BCUT2D eigenvalue weighted by Crippen LogP contribution is 2.15. The highest BCUT2D eigenvalue weighted by molar-refractivity contribution is 5.95. The fourth-order valence-electron chi connectivity index (χ4n) is 2.73. The van der Waals surface area contributed by atoms with Crippen molar-refractivity contribution in [2.24, 2.45) is 11.0 Å². The zero-order chi connectivity index (χ0) is 19.1. The highest BCUT2D eigenvalue weighted by atomic mass is 16.5. The normalized spacial score (nSPS) is 11.2. The van der Waals surface area contributed by atoms with E-state index in [1.165, 1.54) is 5.56 Å². The molecule has 0 atom stereocenters. The molecule has 0 radical (unpaired) electrons. The first-order chi connectivity index (χ1) is 12.4. The van der Waals surface area contributed by atoms with Crippen molar-refractivity contribution in [3.8, 4) is 5.75 Å². The van der Waals surface area contributed by atoms with Crippen molar-refractivity contribution >= 4 is 12.1 Å². The Balaban J connectivity index is 1.94. The minimum absolute atomic E-state index is 0.239. The number of nitrogens with zero attached hydrogens (tertiary/aromatic N) is 1. The second-order valence-electron chi connectivity index (χ2n) is 7.07. The molecule has 0 saturated heterocycles. The first-order valence-electron chi connectivity index (χ1n) is 9.01. The molecule has 0 spiro atoms. The van der Waals surface area contributed by atoms with Crippen LogP contribution in [0.2, 0.25) is 0 Å². The Kier molecular flexibility index (Phi) is 6.96. The summed E-state index contributed by atoms with van der Waals surface area (Å²) in [5.74, 6) is 1.15. The Morgan fingerprint density at radius 3 is 2.31 bits per heavy atom. The van der Waals surface area contributed by atoms with Gasteiger partial charge in [-0.3, -0.25) is 4.79 Å². The SMILES string of the molecule is Cc1cc(C)c(C=NNC(=O)c2ccc(OCCC(C)C)cc2)c(C)c1. The molecule has 2 rings (SSSR count). The summed E-state index contributed by atoms with van der Waals surface area (Å²) in [6.07, 6.45) is 2.71. The van der Waals surface area contributed by atoms with Crippen molar-refractivity contribution in [1.82, 2.24) is 5.43 Å². The lowest BCUT2D eigenvalue weighted by atomic mass is 10.0. The zero-order valence-electron chi connectivity index (χ0n) is 16.3. The summed E-state index contributed by atoms with van der Waals surface area (Å²) in [5.41, 5.74) is 7.67. The van der Waals surface area contributed by atoms with Gasteiger partial charge in [0, 0.05) is 11.1 Å². The van der Waals surface area contributed by atoms with Gasteiger partial charge in [0.25, 0.3) is 5.91 Å². The lowest BCUT2D eigenvalue weighted by Gasteiger charge is -2.08. The molecule has 26 heavy (non-hydrogen) atoms. The average Bonchev–Trinajstić information content (AvgIpc) is 2.57. The first kappa shape index (κ1) is 19.7. The van der Waals surface area contributed by atoms with Crippen LogP contribution in [0.5, 0.6) is 5.75 Å². The number of rotatable bonds is 7. The number of carbonyl (C=O) groups is 1. The first-order valence-corrected chi connectivity index (χ1v) is 9.01. The molecule has 2 aromatic rings. The molecule has 4 nitrogen and oxygen atoms in total. The molecule has 0 unspecified atom stereocenters. The minimum Gasteiger partial charge on any atom is -0.494 e. The van der Waals surface area contributed by atoms with Crippen LogP contribution in [0.25, 0.3) is 0 Å². The van der Waals surface area contributed by atoms with E-state index in [0.29, 0.717) is 18.1 Å².